The molecule has 0 saturated heterocycles. The van der Waals surface area contributed by atoms with Gasteiger partial charge in [0.25, 0.3) is 0 Å². The topological polar surface area (TPSA) is 0 Å². The van der Waals surface area contributed by atoms with E-state index in [0.717, 1.165) is 12.8 Å². The summed E-state index contributed by atoms with van der Waals surface area (Å²) in [5.41, 5.74) is 0.256. The Bertz CT molecular complexity index is 572. The number of fused-ring (bicyclic) bond motifs is 1. The van der Waals surface area contributed by atoms with E-state index in [4.69, 9.17) is 17.0 Å². The third kappa shape index (κ3) is 8.80. The number of halogens is 4. The molecule has 1 aromatic rings. The summed E-state index contributed by atoms with van der Waals surface area (Å²) in [6.45, 7) is 0. The third-order valence-corrected chi connectivity index (χ3v) is 5.49. The maximum absolute atomic E-state index is 13.7. The summed E-state index contributed by atoms with van der Waals surface area (Å²) in [5, 5.41) is 0. The molecule has 0 radical (unpaired) electrons. The Morgan fingerprint density at radius 2 is 1.36 bits per heavy atom. The minimum atomic E-state index is -0.826. The first kappa shape index (κ1) is 28.0. The molecule has 0 heterocycles. The van der Waals surface area contributed by atoms with Crippen LogP contribution >= 0.6 is 17.0 Å². The van der Waals surface area contributed by atoms with Crippen LogP contribution in [0.25, 0.3) is 0 Å². The van der Waals surface area contributed by atoms with Gasteiger partial charge in [-0.3, -0.25) is 0 Å². The van der Waals surface area contributed by atoms with E-state index in [-0.39, 0.29) is 20.4 Å². The Balaban J connectivity index is 0.000000620. The Kier molecular flexibility index (Phi) is 15.8. The van der Waals surface area contributed by atoms with E-state index in [0.29, 0.717) is 24.2 Å². The van der Waals surface area contributed by atoms with Crippen molar-refractivity contribution in [2.45, 2.75) is 51.4 Å². The van der Waals surface area contributed by atoms with Crippen LogP contribution in [0.3, 0.4) is 0 Å². The zero-order valence-electron chi connectivity index (χ0n) is 16.9. The normalized spacial score (nSPS) is 23.6. The second kappa shape index (κ2) is 15.8. The van der Waals surface area contributed by atoms with Crippen LogP contribution in [0.2, 0.25) is 0 Å². The van der Waals surface area contributed by atoms with Crippen LogP contribution in [-0.4, -0.2) is 0 Å². The molecule has 156 valence electrons. The number of allylic oxidation sites excluding steroid dienone is 4. The molecule has 3 atom stereocenters. The van der Waals surface area contributed by atoms with Gasteiger partial charge in [-0.1, -0.05) is 62.5 Å². The van der Waals surface area contributed by atoms with Crippen LogP contribution < -0.4 is 0 Å². The zero-order valence-corrected chi connectivity index (χ0v) is 20.9. The Morgan fingerprint density at radius 1 is 0.857 bits per heavy atom. The molecule has 0 aliphatic heterocycles. The fourth-order valence-electron chi connectivity index (χ4n) is 4.18. The van der Waals surface area contributed by atoms with E-state index in [1.54, 1.807) is 0 Å². The first-order valence-electron chi connectivity index (χ1n) is 9.41. The molecular weight excluding hydrogens is 476 g/mol. The molecule has 0 aromatic heterocycles. The van der Waals surface area contributed by atoms with Crippen LogP contribution in [0.5, 0.6) is 0 Å². The van der Waals surface area contributed by atoms with Gasteiger partial charge >= 0.3 is 37.9 Å². The fourth-order valence-corrected chi connectivity index (χ4v) is 4.18. The van der Waals surface area contributed by atoms with Gasteiger partial charge in [-0.2, -0.15) is 0 Å². The van der Waals surface area contributed by atoms with Crippen LogP contribution in [0.1, 0.15) is 50.5 Å². The first-order chi connectivity index (χ1) is 12.7. The second-order valence-corrected chi connectivity index (χ2v) is 10.8. The van der Waals surface area contributed by atoms with Crippen molar-refractivity contribution in [3.05, 3.63) is 74.6 Å². The minimum absolute atomic E-state index is 0. The predicted molar refractivity (Wildman–Crippen MR) is 116 cm³/mol. The fraction of sp³-hybridized carbons (Fsp3) is 0.478. The number of benzene rings is 1. The van der Waals surface area contributed by atoms with Crippen molar-refractivity contribution in [2.75, 3.05) is 0 Å². The van der Waals surface area contributed by atoms with Crippen LogP contribution in [0.15, 0.2) is 42.5 Å². The van der Waals surface area contributed by atoms with Gasteiger partial charge in [0.15, 0.2) is 0 Å². The standard InChI is InChI=1S/C16H16F2.C5H10.2CH3.2ClH.Zr/c17-15-6-3-7-16(18)14(15)10-12-9-8-11-4-1-2-5-13(11)12;1-2-4-5-3-1;;;;;/h1-7,11-13H,8-10H2;1-5H2;2*1H3;2*1H;/q;;2*-1;;;+4/p-2. The molecule has 4 rings (SSSR count). The van der Waals surface area contributed by atoms with Crippen molar-refractivity contribution >= 4 is 17.0 Å². The molecule has 0 bridgehead atoms. The molecule has 0 spiro atoms. The molecule has 1 aromatic carbocycles. The average Bonchev–Trinajstić information content (AvgIpc) is 3.33. The predicted octanol–water partition coefficient (Wildman–Crippen LogP) is 8.50. The summed E-state index contributed by atoms with van der Waals surface area (Å²) in [6.07, 6.45) is 18.7. The van der Waals surface area contributed by atoms with E-state index in [9.17, 15) is 8.78 Å². The molecule has 3 aliphatic carbocycles. The Hall–Kier alpha value is 0.0231. The Morgan fingerprint density at radius 3 is 1.89 bits per heavy atom. The molecule has 2 fully saturated rings. The van der Waals surface area contributed by atoms with Gasteiger partial charge in [-0.15, -0.1) is 0 Å². The van der Waals surface area contributed by atoms with Crippen molar-refractivity contribution in [3.63, 3.8) is 0 Å². The molecular formula is C23H32Cl2F2Zr. The van der Waals surface area contributed by atoms with E-state index in [1.807, 2.05) is 0 Å². The van der Waals surface area contributed by atoms with Gasteiger partial charge in [0, 0.05) is 5.56 Å². The molecule has 28 heavy (non-hydrogen) atoms. The van der Waals surface area contributed by atoms with Gasteiger partial charge in [0.05, 0.1) is 0 Å². The average molecular weight is 509 g/mol. The van der Waals surface area contributed by atoms with E-state index in [1.165, 1.54) is 50.3 Å². The van der Waals surface area contributed by atoms with Crippen LogP contribution in [0, 0.1) is 44.2 Å². The van der Waals surface area contributed by atoms with Crippen molar-refractivity contribution in [3.8, 4) is 0 Å². The number of hydrogen-bond donors (Lipinski definition) is 0. The molecule has 0 N–H and O–H groups in total. The first-order valence-corrected chi connectivity index (χ1v) is 15.7. The van der Waals surface area contributed by atoms with Crippen molar-refractivity contribution in [1.82, 2.24) is 0 Å². The molecule has 0 amide bonds. The SMILES string of the molecule is C1CCCC1.Fc1cccc(F)c1CC1CCC2C=CC=CC21.[CH3-].[CH3-].[Cl][Zr+2][Cl]. The third-order valence-electron chi connectivity index (χ3n) is 5.49. The van der Waals surface area contributed by atoms with E-state index < -0.39 is 32.5 Å². The van der Waals surface area contributed by atoms with Gasteiger partial charge in [0.1, 0.15) is 11.6 Å². The Labute approximate surface area is 189 Å². The number of hydrogen-bond acceptors (Lipinski definition) is 0. The second-order valence-electron chi connectivity index (χ2n) is 7.09. The monoisotopic (exact) mass is 506 g/mol. The van der Waals surface area contributed by atoms with Crippen LogP contribution in [0.4, 0.5) is 8.78 Å². The van der Waals surface area contributed by atoms with E-state index >= 15 is 0 Å². The number of rotatable bonds is 2. The van der Waals surface area contributed by atoms with Crippen molar-refractivity contribution < 1.29 is 29.6 Å². The molecule has 3 unspecified atom stereocenters. The quantitative estimate of drug-likeness (QED) is 0.351. The van der Waals surface area contributed by atoms with Gasteiger partial charge < -0.3 is 14.9 Å². The maximum atomic E-state index is 13.7. The van der Waals surface area contributed by atoms with E-state index in [2.05, 4.69) is 24.3 Å². The summed E-state index contributed by atoms with van der Waals surface area (Å²) in [5.74, 6) is 0.564. The summed E-state index contributed by atoms with van der Waals surface area (Å²) >= 11 is -0.826. The summed E-state index contributed by atoms with van der Waals surface area (Å²) in [7, 11) is 9.87. The van der Waals surface area contributed by atoms with Crippen molar-refractivity contribution in [1.29, 1.82) is 0 Å². The molecule has 2 saturated carbocycles. The molecule has 3 aliphatic rings. The molecule has 0 nitrogen and oxygen atoms in total. The van der Waals surface area contributed by atoms with Crippen molar-refractivity contribution in [2.24, 2.45) is 17.8 Å². The van der Waals surface area contributed by atoms with Gasteiger partial charge in [0.2, 0.25) is 0 Å². The summed E-state index contributed by atoms with van der Waals surface area (Å²) in [6, 6.07) is 4.12. The van der Waals surface area contributed by atoms with Crippen LogP contribution in [-0.2, 0) is 27.3 Å². The zero-order chi connectivity index (χ0) is 18.8. The van der Waals surface area contributed by atoms with Gasteiger partial charge in [-0.25, -0.2) is 8.78 Å². The summed E-state index contributed by atoms with van der Waals surface area (Å²) < 4.78 is 27.3. The summed E-state index contributed by atoms with van der Waals surface area (Å²) in [4.78, 5) is 0. The molecule has 5 heteroatoms. The van der Waals surface area contributed by atoms with Gasteiger partial charge in [-0.05, 0) is 49.1 Å².